The van der Waals surface area contributed by atoms with E-state index in [1.807, 2.05) is 39.8 Å². The van der Waals surface area contributed by atoms with Gasteiger partial charge in [0.1, 0.15) is 11.5 Å². The maximum Gasteiger partial charge on any atom is 0.335 e. The Labute approximate surface area is 282 Å². The zero-order valence-corrected chi connectivity index (χ0v) is 28.0. The smallest absolute Gasteiger partial charge is 0.335 e. The minimum absolute atomic E-state index is 0.00871. The fourth-order valence-corrected chi connectivity index (χ4v) is 6.34. The van der Waals surface area contributed by atoms with Gasteiger partial charge in [0.15, 0.2) is 5.78 Å². The van der Waals surface area contributed by atoms with Crippen molar-refractivity contribution in [3.8, 4) is 11.4 Å². The molecule has 9 nitrogen and oxygen atoms in total. The molecule has 48 heavy (non-hydrogen) atoms. The van der Waals surface area contributed by atoms with Crippen LogP contribution in [0.5, 0.6) is 0 Å². The Kier molecular flexibility index (Phi) is 11.9. The van der Waals surface area contributed by atoms with E-state index in [9.17, 15) is 24.6 Å². The van der Waals surface area contributed by atoms with Gasteiger partial charge in [-0.1, -0.05) is 75.2 Å². The van der Waals surface area contributed by atoms with E-state index in [4.69, 9.17) is 4.98 Å². The number of aromatic carboxylic acids is 1. The van der Waals surface area contributed by atoms with Crippen molar-refractivity contribution in [1.29, 1.82) is 0 Å². The molecule has 0 saturated heterocycles. The molecule has 3 aromatic carbocycles. The lowest BCUT2D eigenvalue weighted by Crippen LogP contribution is -2.39. The van der Waals surface area contributed by atoms with Crippen molar-refractivity contribution in [3.63, 3.8) is 0 Å². The summed E-state index contributed by atoms with van der Waals surface area (Å²) in [6.45, 7) is 6.50. The minimum atomic E-state index is -1.14. The summed E-state index contributed by atoms with van der Waals surface area (Å²) in [6.07, 6.45) is 7.57. The number of carbonyl (C=O) groups is 3. The highest BCUT2D eigenvalue weighted by atomic mass is 16.4. The number of ketones is 1. The minimum Gasteiger partial charge on any atom is -0.478 e. The number of rotatable bonds is 16. The van der Waals surface area contributed by atoms with Gasteiger partial charge >= 0.3 is 5.97 Å². The summed E-state index contributed by atoms with van der Waals surface area (Å²) in [4.78, 5) is 47.3. The van der Waals surface area contributed by atoms with Gasteiger partial charge in [-0.25, -0.2) is 9.78 Å². The lowest BCUT2D eigenvalue weighted by atomic mass is 9.87. The maximum atomic E-state index is 14.5. The van der Waals surface area contributed by atoms with Gasteiger partial charge in [-0.3, -0.25) is 9.59 Å². The van der Waals surface area contributed by atoms with E-state index < -0.39 is 5.97 Å². The van der Waals surface area contributed by atoms with E-state index in [-0.39, 0.29) is 35.5 Å². The van der Waals surface area contributed by atoms with Crippen LogP contribution < -0.4 is 5.32 Å². The number of aryl methyl sites for hydroxylation is 2. The number of benzene rings is 3. The van der Waals surface area contributed by atoms with Gasteiger partial charge in [-0.15, -0.1) is 0 Å². The fraction of sp³-hybridized carbons (Fsp3) is 0.385. The molecule has 252 valence electrons. The van der Waals surface area contributed by atoms with Crippen molar-refractivity contribution in [2.45, 2.75) is 77.9 Å². The van der Waals surface area contributed by atoms with E-state index >= 15 is 0 Å². The summed E-state index contributed by atoms with van der Waals surface area (Å²) in [6, 6.07) is 20.1. The number of carbonyl (C=O) groups excluding carboxylic acids is 2. The number of hydrogen-bond acceptors (Lipinski definition) is 6. The molecule has 0 fully saturated rings. The first-order valence-electron chi connectivity index (χ1n) is 17.1. The fourth-order valence-electron chi connectivity index (χ4n) is 6.34. The summed E-state index contributed by atoms with van der Waals surface area (Å²) < 4.78 is 1.94. The molecule has 0 saturated carbocycles. The van der Waals surface area contributed by atoms with Crippen LogP contribution >= 0.6 is 0 Å². The summed E-state index contributed by atoms with van der Waals surface area (Å²) in [7, 11) is 0. The Balaban J connectivity index is 1.59. The Bertz CT molecular complexity index is 1720. The van der Waals surface area contributed by atoms with Crippen molar-refractivity contribution < 1.29 is 24.6 Å². The topological polar surface area (TPSA) is 125 Å². The number of unbranched alkanes of at least 4 members (excludes halogenated alkanes) is 2. The van der Waals surface area contributed by atoms with Gasteiger partial charge in [0, 0.05) is 55.1 Å². The van der Waals surface area contributed by atoms with Gasteiger partial charge in [-0.05, 0) is 67.0 Å². The number of aliphatic hydroxyl groups is 1. The van der Waals surface area contributed by atoms with E-state index in [0.29, 0.717) is 55.2 Å². The lowest BCUT2D eigenvalue weighted by Gasteiger charge is -2.26. The first-order valence-corrected chi connectivity index (χ1v) is 17.1. The molecule has 1 aliphatic heterocycles. The van der Waals surface area contributed by atoms with Gasteiger partial charge in [0.05, 0.1) is 12.2 Å². The molecule has 2 heterocycles. The van der Waals surface area contributed by atoms with Crippen LogP contribution in [0.25, 0.3) is 11.4 Å². The monoisotopic (exact) mass is 650 g/mol. The summed E-state index contributed by atoms with van der Waals surface area (Å²) in [5, 5.41) is 23.1. The predicted octanol–water partition coefficient (Wildman–Crippen LogP) is 6.16. The molecular formula is C39H46N4O5. The van der Waals surface area contributed by atoms with E-state index in [1.54, 1.807) is 18.3 Å². The van der Waals surface area contributed by atoms with Crippen LogP contribution in [0, 0.1) is 0 Å². The molecule has 4 aromatic rings. The number of imidazole rings is 1. The highest BCUT2D eigenvalue weighted by Gasteiger charge is 2.28. The standard InChI is InChI=1S/C39H46N4O5/c1-3-5-19-42(20-6-4-2)38(46)35-25-43(21-11-14-27-12-8-7-9-13-27)37(41-35)32-18-17-28(39(47)48)22-34(32)36(45)31-16-10-15-29-24-40-30(26-44)23-33(29)31/h7-10,12-13,15-18,22,25,30,40,44H,3-6,11,14,19-21,23-24,26H2,1-2H3,(H,47,48). The average Bonchev–Trinajstić information content (AvgIpc) is 3.54. The summed E-state index contributed by atoms with van der Waals surface area (Å²) in [5.74, 6) is -1.14. The van der Waals surface area contributed by atoms with Gasteiger partial charge in [0.25, 0.3) is 5.91 Å². The number of nitrogens with one attached hydrogen (secondary N) is 1. The predicted molar refractivity (Wildman–Crippen MR) is 186 cm³/mol. The number of hydrogen-bond donors (Lipinski definition) is 3. The third-order valence-corrected chi connectivity index (χ3v) is 9.08. The summed E-state index contributed by atoms with van der Waals surface area (Å²) in [5.41, 5.74) is 4.48. The zero-order chi connectivity index (χ0) is 34.0. The third-order valence-electron chi connectivity index (χ3n) is 9.08. The second-order valence-electron chi connectivity index (χ2n) is 12.5. The van der Waals surface area contributed by atoms with Crippen molar-refractivity contribution >= 4 is 17.7 Å². The molecule has 1 aromatic heterocycles. The molecule has 1 amide bonds. The molecule has 1 aliphatic rings. The zero-order valence-electron chi connectivity index (χ0n) is 28.0. The molecular weight excluding hydrogens is 604 g/mol. The molecule has 3 N–H and O–H groups in total. The number of nitrogens with zero attached hydrogens (tertiary/aromatic N) is 3. The molecule has 9 heteroatoms. The van der Waals surface area contributed by atoms with Crippen molar-refractivity contribution in [2.24, 2.45) is 0 Å². The summed E-state index contributed by atoms with van der Waals surface area (Å²) >= 11 is 0. The molecule has 0 radical (unpaired) electrons. The number of amides is 1. The van der Waals surface area contributed by atoms with Crippen LogP contribution in [-0.4, -0.2) is 68.1 Å². The molecule has 0 bridgehead atoms. The quantitative estimate of drug-likeness (QED) is 0.124. The van der Waals surface area contributed by atoms with Crippen molar-refractivity contribution in [2.75, 3.05) is 19.7 Å². The van der Waals surface area contributed by atoms with E-state index in [1.165, 1.54) is 17.7 Å². The second kappa shape index (κ2) is 16.5. The van der Waals surface area contributed by atoms with Crippen LogP contribution in [0.2, 0.25) is 0 Å². The van der Waals surface area contributed by atoms with E-state index in [0.717, 1.165) is 49.7 Å². The van der Waals surface area contributed by atoms with E-state index in [2.05, 4.69) is 31.3 Å². The van der Waals surface area contributed by atoms with Crippen molar-refractivity contribution in [3.05, 3.63) is 112 Å². The second-order valence-corrected chi connectivity index (χ2v) is 12.5. The van der Waals surface area contributed by atoms with Crippen LogP contribution in [0.15, 0.2) is 72.9 Å². The van der Waals surface area contributed by atoms with Gasteiger partial charge in [0.2, 0.25) is 0 Å². The molecule has 5 rings (SSSR count). The molecule has 0 aliphatic carbocycles. The average molecular weight is 651 g/mol. The first kappa shape index (κ1) is 34.7. The van der Waals surface area contributed by atoms with Crippen LogP contribution in [-0.2, 0) is 25.9 Å². The first-order chi connectivity index (χ1) is 23.3. The number of aliphatic hydroxyl groups excluding tert-OH is 1. The molecule has 1 unspecified atom stereocenters. The number of fused-ring (bicyclic) bond motifs is 1. The Morgan fingerprint density at radius 1 is 0.938 bits per heavy atom. The third kappa shape index (κ3) is 8.09. The largest absolute Gasteiger partial charge is 0.478 e. The lowest BCUT2D eigenvalue weighted by molar-refractivity contribution is 0.0695. The Morgan fingerprint density at radius 3 is 2.38 bits per heavy atom. The van der Waals surface area contributed by atoms with Gasteiger partial charge < -0.3 is 25.0 Å². The number of aromatic nitrogens is 2. The van der Waals surface area contributed by atoms with Gasteiger partial charge in [-0.2, -0.15) is 0 Å². The highest BCUT2D eigenvalue weighted by molar-refractivity contribution is 6.14. The van der Waals surface area contributed by atoms with Crippen molar-refractivity contribution in [1.82, 2.24) is 19.8 Å². The highest BCUT2D eigenvalue weighted by Crippen LogP contribution is 2.31. The number of carboxylic acid groups (broad SMARTS) is 1. The molecule has 0 spiro atoms. The van der Waals surface area contributed by atoms with Crippen LogP contribution in [0.4, 0.5) is 0 Å². The SMILES string of the molecule is CCCCN(CCCC)C(=O)c1cn(CCCc2ccccc2)c(-c2ccc(C(=O)O)cc2C(=O)c2cccc3c2CC(CO)NC3)n1. The Hall–Kier alpha value is -4.60. The molecule has 1 atom stereocenters. The maximum absolute atomic E-state index is 14.5. The number of carboxylic acids is 1. The van der Waals surface area contributed by atoms with Crippen LogP contribution in [0.3, 0.4) is 0 Å². The normalized spacial score (nSPS) is 14.0. The van der Waals surface area contributed by atoms with Crippen LogP contribution in [0.1, 0.15) is 99.4 Å². The Morgan fingerprint density at radius 2 is 1.69 bits per heavy atom.